The molecule has 0 amide bonds. The molecule has 2 aromatic carbocycles. The van der Waals surface area contributed by atoms with E-state index in [2.05, 4.69) is 0 Å². The molecule has 0 aliphatic carbocycles. The van der Waals surface area contributed by atoms with Crippen LogP contribution in [0.3, 0.4) is 0 Å². The second kappa shape index (κ2) is 4.96. The summed E-state index contributed by atoms with van der Waals surface area (Å²) in [4.78, 5) is 10.7. The molecule has 0 spiro atoms. The smallest absolute Gasteiger partial charge is 0.335 e. The van der Waals surface area contributed by atoms with E-state index in [1.807, 2.05) is 0 Å². The van der Waals surface area contributed by atoms with Gasteiger partial charge in [0.2, 0.25) is 0 Å². The molecule has 0 aliphatic rings. The zero-order valence-corrected chi connectivity index (χ0v) is 12.6. The van der Waals surface area contributed by atoms with E-state index < -0.39 is 5.97 Å². The second-order valence-corrected chi connectivity index (χ2v) is 3.05. The van der Waals surface area contributed by atoms with Gasteiger partial charge in [-0.3, -0.25) is 0 Å². The van der Waals surface area contributed by atoms with Crippen molar-refractivity contribution in [3.63, 3.8) is 0 Å². The molecule has 73 valence electrons. The zero-order valence-electron chi connectivity index (χ0n) is 7.84. The van der Waals surface area contributed by atoms with Crippen molar-refractivity contribution in [3.05, 3.63) is 42.0 Å². The van der Waals surface area contributed by atoms with Gasteiger partial charge in [-0.15, -0.1) is 0 Å². The summed E-state index contributed by atoms with van der Waals surface area (Å²) in [7, 11) is 0. The summed E-state index contributed by atoms with van der Waals surface area (Å²) < 4.78 is 0. The summed E-state index contributed by atoms with van der Waals surface area (Å²) in [6, 6.07) is 9.60. The molecule has 0 aromatic heterocycles. The summed E-state index contributed by atoms with van der Waals surface area (Å²) in [5.74, 6) is -0.763. The van der Waals surface area contributed by atoms with Gasteiger partial charge in [-0.2, -0.15) is 0 Å². The first-order valence-corrected chi connectivity index (χ1v) is 4.13. The molecule has 0 aliphatic heterocycles. The van der Waals surface area contributed by atoms with Gasteiger partial charge >= 0.3 is 5.97 Å². The average molecular weight is 415 g/mol. The third kappa shape index (κ3) is 2.70. The van der Waals surface area contributed by atoms with Crippen molar-refractivity contribution in [2.45, 2.75) is 0 Å². The number of rotatable bonds is 1. The van der Waals surface area contributed by atoms with Crippen molar-refractivity contribution < 1.29 is 59.1 Å². The summed E-state index contributed by atoms with van der Waals surface area (Å²) in [5.41, 5.74) is 0.253. The Labute approximate surface area is 122 Å². The molecule has 0 saturated heterocycles. The molecule has 15 heavy (non-hydrogen) atoms. The molecular weight excluding hydrogens is 407 g/mol. The minimum absolute atomic E-state index is 0. The summed E-state index contributed by atoms with van der Waals surface area (Å²) in [6.07, 6.45) is 0. The van der Waals surface area contributed by atoms with Crippen molar-refractivity contribution in [2.24, 2.45) is 0 Å². The predicted molar refractivity (Wildman–Crippen MR) is 52.6 cm³/mol. The van der Waals surface area contributed by atoms with Crippen LogP contribution in [0.2, 0.25) is 0 Å². The summed E-state index contributed by atoms with van der Waals surface area (Å²) in [5, 5.41) is 19.6. The fraction of sp³-hybridized carbons (Fsp3) is 0. The normalized spacial score (nSPS) is 9.60. The van der Waals surface area contributed by atoms with Gasteiger partial charge in [0.05, 0.1) is 5.56 Å². The molecule has 4 heteroatoms. The van der Waals surface area contributed by atoms with Crippen LogP contribution in [0, 0.1) is 44.1 Å². The van der Waals surface area contributed by atoms with E-state index in [-0.39, 0.29) is 55.4 Å². The number of benzene rings is 2. The van der Waals surface area contributed by atoms with Gasteiger partial charge in [-0.25, -0.2) is 4.79 Å². The third-order valence-electron chi connectivity index (χ3n) is 2.07. The Morgan fingerprint density at radius 1 is 1.00 bits per heavy atom. The maximum absolute atomic E-state index is 10.7. The van der Waals surface area contributed by atoms with E-state index in [9.17, 15) is 9.90 Å². The zero-order chi connectivity index (χ0) is 10.1. The van der Waals surface area contributed by atoms with Crippen LogP contribution < -0.4 is 0 Å². The van der Waals surface area contributed by atoms with Crippen LogP contribution in [-0.4, -0.2) is 16.2 Å². The SMILES string of the molecule is O=C(O)c1ccc2cc(O)ccc2c1.[Ac]. The van der Waals surface area contributed by atoms with E-state index >= 15 is 0 Å². The molecule has 2 N–H and O–H groups in total. The Morgan fingerprint density at radius 3 is 2.27 bits per heavy atom. The van der Waals surface area contributed by atoms with Crippen molar-refractivity contribution in [3.8, 4) is 5.75 Å². The van der Waals surface area contributed by atoms with Crippen LogP contribution >= 0.6 is 0 Å². The first-order valence-electron chi connectivity index (χ1n) is 4.13. The van der Waals surface area contributed by atoms with E-state index in [1.54, 1.807) is 24.3 Å². The molecule has 0 unspecified atom stereocenters. The topological polar surface area (TPSA) is 57.5 Å². The Hall–Kier alpha value is -0.588. The quantitative estimate of drug-likeness (QED) is 0.752. The van der Waals surface area contributed by atoms with E-state index in [0.717, 1.165) is 10.8 Å². The summed E-state index contributed by atoms with van der Waals surface area (Å²) >= 11 is 0. The fourth-order valence-corrected chi connectivity index (χ4v) is 1.37. The maximum Gasteiger partial charge on any atom is 0.335 e. The monoisotopic (exact) mass is 415 g/mol. The number of hydrogen-bond acceptors (Lipinski definition) is 2. The predicted octanol–water partition coefficient (Wildman–Crippen LogP) is 2.24. The van der Waals surface area contributed by atoms with Crippen molar-refractivity contribution in [1.29, 1.82) is 0 Å². The summed E-state index contributed by atoms with van der Waals surface area (Å²) in [6.45, 7) is 0. The van der Waals surface area contributed by atoms with Crippen LogP contribution in [0.4, 0.5) is 0 Å². The van der Waals surface area contributed by atoms with Gasteiger partial charge in [0.25, 0.3) is 0 Å². The number of fused-ring (bicyclic) bond motifs is 1. The number of carbonyl (C=O) groups is 1. The maximum atomic E-state index is 10.7. The third-order valence-corrected chi connectivity index (χ3v) is 2.07. The molecule has 3 nitrogen and oxygen atoms in total. The first kappa shape index (κ1) is 12.5. The first-order chi connectivity index (χ1) is 6.66. The number of carboxylic acid groups (broad SMARTS) is 1. The van der Waals surface area contributed by atoms with Gasteiger partial charge in [0, 0.05) is 44.1 Å². The van der Waals surface area contributed by atoms with E-state index in [1.165, 1.54) is 12.1 Å². The average Bonchev–Trinajstić information content (AvgIpc) is 2.16. The second-order valence-electron chi connectivity index (χ2n) is 3.05. The minimum Gasteiger partial charge on any atom is -0.508 e. The Balaban J connectivity index is 0.00000112. The molecule has 0 saturated carbocycles. The molecule has 2 aromatic rings. The van der Waals surface area contributed by atoms with Crippen molar-refractivity contribution in [1.82, 2.24) is 0 Å². The van der Waals surface area contributed by atoms with E-state index in [0.29, 0.717) is 0 Å². The number of carboxylic acids is 1. The Morgan fingerprint density at radius 2 is 1.60 bits per heavy atom. The molecule has 0 atom stereocenters. The number of aromatic hydroxyl groups is 1. The van der Waals surface area contributed by atoms with Gasteiger partial charge < -0.3 is 10.2 Å². The number of phenols is 1. The number of hydrogen-bond donors (Lipinski definition) is 2. The van der Waals surface area contributed by atoms with Crippen molar-refractivity contribution >= 4 is 16.7 Å². The van der Waals surface area contributed by atoms with Crippen molar-refractivity contribution in [2.75, 3.05) is 0 Å². The molecule has 0 heterocycles. The molecular formula is C11H8AcO3. The number of phenolic OH excluding ortho intramolecular Hbond substituents is 1. The van der Waals surface area contributed by atoms with Gasteiger partial charge in [0.1, 0.15) is 5.75 Å². The molecule has 1 radical (unpaired) electrons. The van der Waals surface area contributed by atoms with E-state index in [4.69, 9.17) is 5.11 Å². The van der Waals surface area contributed by atoms with Crippen LogP contribution in [0.15, 0.2) is 36.4 Å². The Kier molecular flexibility index (Phi) is 4.13. The van der Waals surface area contributed by atoms with Crippen LogP contribution in [0.25, 0.3) is 10.8 Å². The van der Waals surface area contributed by atoms with Gasteiger partial charge in [-0.1, -0.05) is 12.1 Å². The van der Waals surface area contributed by atoms with Crippen LogP contribution in [-0.2, 0) is 0 Å². The fourth-order valence-electron chi connectivity index (χ4n) is 1.37. The number of aromatic carboxylic acids is 1. The molecule has 2 rings (SSSR count). The van der Waals surface area contributed by atoms with Gasteiger partial charge in [-0.05, 0) is 35.0 Å². The van der Waals surface area contributed by atoms with Crippen LogP contribution in [0.5, 0.6) is 5.75 Å². The Bertz CT molecular complexity index is 508. The molecule has 0 fully saturated rings. The molecule has 0 bridgehead atoms. The van der Waals surface area contributed by atoms with Crippen LogP contribution in [0.1, 0.15) is 10.4 Å². The largest absolute Gasteiger partial charge is 0.508 e. The minimum atomic E-state index is -0.944. The van der Waals surface area contributed by atoms with Gasteiger partial charge in [0.15, 0.2) is 0 Å². The standard InChI is InChI=1S/C11H8O3.Ac/c12-10-4-3-7-5-9(11(13)14)2-1-8(7)6-10;/h1-6,12H,(H,13,14);.